The van der Waals surface area contributed by atoms with Crippen molar-refractivity contribution in [3.05, 3.63) is 59.1 Å². The van der Waals surface area contributed by atoms with E-state index in [4.69, 9.17) is 16.3 Å². The number of benzene rings is 2. The molecule has 0 bridgehead atoms. The molecule has 0 atom stereocenters. The van der Waals surface area contributed by atoms with Crippen molar-refractivity contribution in [1.29, 1.82) is 0 Å². The van der Waals surface area contributed by atoms with Crippen LogP contribution in [0, 0.1) is 0 Å². The first-order valence-corrected chi connectivity index (χ1v) is 12.4. The largest absolute Gasteiger partial charge is 0.444 e. The summed E-state index contributed by atoms with van der Waals surface area (Å²) in [6.07, 6.45) is -5.41. The van der Waals surface area contributed by atoms with Gasteiger partial charge in [-0.3, -0.25) is 9.10 Å². The van der Waals surface area contributed by atoms with Crippen LogP contribution in [0.25, 0.3) is 0 Å². The molecule has 0 spiro atoms. The number of alkyl halides is 3. The lowest BCUT2D eigenvalue weighted by Gasteiger charge is -2.26. The Hall–Kier alpha value is -2.79. The Kier molecular flexibility index (Phi) is 9.18. The molecule has 2 rings (SSSR count). The monoisotopic (exact) mass is 534 g/mol. The summed E-state index contributed by atoms with van der Waals surface area (Å²) in [5.74, 6) is -0.580. The lowest BCUT2D eigenvalue weighted by atomic mass is 10.1. The SMILES string of the molecule is CC(C)(C)OC(=O)NCCCC(=O)CN(c1cc(C(F)(F)F)ccc1Cl)S(=O)(=O)c1ccccc1. The molecule has 0 unspecified atom stereocenters. The van der Waals surface area contributed by atoms with Gasteiger partial charge in [-0.1, -0.05) is 29.8 Å². The highest BCUT2D eigenvalue weighted by molar-refractivity contribution is 7.92. The molecule has 0 aliphatic rings. The number of sulfonamides is 1. The van der Waals surface area contributed by atoms with E-state index in [0.29, 0.717) is 10.4 Å². The summed E-state index contributed by atoms with van der Waals surface area (Å²) in [6, 6.07) is 9.25. The summed E-state index contributed by atoms with van der Waals surface area (Å²) in [5.41, 5.74) is -2.28. The molecule has 0 aliphatic heterocycles. The average molecular weight is 535 g/mol. The molecule has 7 nitrogen and oxygen atoms in total. The fourth-order valence-corrected chi connectivity index (χ4v) is 4.68. The summed E-state index contributed by atoms with van der Waals surface area (Å²) in [4.78, 5) is 24.1. The van der Waals surface area contributed by atoms with Crippen molar-refractivity contribution in [2.45, 2.75) is 50.3 Å². The standard InChI is InChI=1S/C23H26ClF3N2O5S/c1-22(2,3)34-21(31)28-13-7-8-17(30)15-29(35(32,33)18-9-5-4-6-10-18)20-14-16(23(25,26)27)11-12-19(20)24/h4-6,9-12,14H,7-8,13,15H2,1-3H3,(H,28,31). The van der Waals surface area contributed by atoms with Crippen molar-refractivity contribution in [3.8, 4) is 0 Å². The number of nitrogens with zero attached hydrogens (tertiary/aromatic N) is 1. The number of alkyl carbamates (subject to hydrolysis) is 1. The normalized spacial score (nSPS) is 12.2. The first-order valence-electron chi connectivity index (χ1n) is 10.5. The van der Waals surface area contributed by atoms with Crippen LogP contribution in [0.2, 0.25) is 5.02 Å². The second kappa shape index (κ2) is 11.3. The Bertz CT molecular complexity index is 1150. The molecular weight excluding hydrogens is 509 g/mol. The Morgan fingerprint density at radius 2 is 1.69 bits per heavy atom. The van der Waals surface area contributed by atoms with Crippen molar-refractivity contribution in [1.82, 2.24) is 5.32 Å². The van der Waals surface area contributed by atoms with Crippen LogP contribution in [0.4, 0.5) is 23.7 Å². The molecule has 0 aliphatic carbocycles. The highest BCUT2D eigenvalue weighted by Crippen LogP contribution is 2.37. The van der Waals surface area contributed by atoms with Crippen molar-refractivity contribution >= 4 is 39.2 Å². The number of hydrogen-bond donors (Lipinski definition) is 1. The average Bonchev–Trinajstić information content (AvgIpc) is 2.74. The molecule has 1 amide bonds. The fraction of sp³-hybridized carbons (Fsp3) is 0.391. The third-order valence-electron chi connectivity index (χ3n) is 4.49. The molecule has 0 heterocycles. The number of anilines is 1. The van der Waals surface area contributed by atoms with Gasteiger partial charge in [0.1, 0.15) is 5.60 Å². The van der Waals surface area contributed by atoms with Gasteiger partial charge in [-0.05, 0) is 57.5 Å². The van der Waals surface area contributed by atoms with Gasteiger partial charge in [-0.25, -0.2) is 13.2 Å². The molecule has 0 aromatic heterocycles. The summed E-state index contributed by atoms with van der Waals surface area (Å²) in [7, 11) is -4.43. The Balaban J connectivity index is 2.25. The van der Waals surface area contributed by atoms with Crippen LogP contribution in [0.3, 0.4) is 0 Å². The first-order chi connectivity index (χ1) is 16.1. The van der Waals surface area contributed by atoms with Crippen LogP contribution < -0.4 is 9.62 Å². The maximum Gasteiger partial charge on any atom is 0.416 e. The first kappa shape index (κ1) is 28.4. The topological polar surface area (TPSA) is 92.8 Å². The van der Waals surface area contributed by atoms with Crippen LogP contribution in [0.15, 0.2) is 53.4 Å². The highest BCUT2D eigenvalue weighted by Gasteiger charge is 2.34. The Labute approximate surface area is 207 Å². The van der Waals surface area contributed by atoms with E-state index in [1.807, 2.05) is 0 Å². The lowest BCUT2D eigenvalue weighted by molar-refractivity contribution is -0.137. The number of carbonyl (C=O) groups excluding carboxylic acids is 2. The third kappa shape index (κ3) is 8.43. The summed E-state index contributed by atoms with van der Waals surface area (Å²) >= 11 is 6.09. The minimum atomic E-state index is -4.75. The number of amides is 1. The quantitative estimate of drug-likeness (QED) is 0.433. The number of halogens is 4. The molecule has 12 heteroatoms. The zero-order valence-corrected chi connectivity index (χ0v) is 20.9. The van der Waals surface area contributed by atoms with E-state index in [9.17, 15) is 31.2 Å². The van der Waals surface area contributed by atoms with Gasteiger partial charge in [0.05, 0.1) is 27.7 Å². The van der Waals surface area contributed by atoms with Gasteiger partial charge in [0, 0.05) is 13.0 Å². The smallest absolute Gasteiger partial charge is 0.416 e. The molecule has 192 valence electrons. The van der Waals surface area contributed by atoms with Crippen LogP contribution in [0.1, 0.15) is 39.2 Å². The summed E-state index contributed by atoms with van der Waals surface area (Å²) < 4.78 is 72.1. The van der Waals surface area contributed by atoms with Crippen molar-refractivity contribution in [2.75, 3.05) is 17.4 Å². The molecular formula is C23H26ClF3N2O5S. The van der Waals surface area contributed by atoms with Crippen LogP contribution in [-0.2, 0) is 25.7 Å². The van der Waals surface area contributed by atoms with Crippen molar-refractivity contribution < 1.29 is 35.9 Å². The van der Waals surface area contributed by atoms with E-state index >= 15 is 0 Å². The van der Waals surface area contributed by atoms with Gasteiger partial charge in [-0.2, -0.15) is 13.2 Å². The molecule has 0 fully saturated rings. The van der Waals surface area contributed by atoms with Crippen molar-refractivity contribution in [3.63, 3.8) is 0 Å². The molecule has 35 heavy (non-hydrogen) atoms. The van der Waals surface area contributed by atoms with Gasteiger partial charge in [0.2, 0.25) is 0 Å². The van der Waals surface area contributed by atoms with E-state index in [1.165, 1.54) is 24.3 Å². The Morgan fingerprint density at radius 1 is 1.06 bits per heavy atom. The molecule has 0 radical (unpaired) electrons. The molecule has 2 aromatic carbocycles. The number of carbonyl (C=O) groups is 2. The van der Waals surface area contributed by atoms with E-state index in [1.54, 1.807) is 26.8 Å². The second-order valence-corrected chi connectivity index (χ2v) is 10.8. The zero-order chi connectivity index (χ0) is 26.4. The van der Waals surface area contributed by atoms with Crippen LogP contribution in [-0.4, -0.2) is 39.0 Å². The molecule has 1 N–H and O–H groups in total. The number of rotatable bonds is 9. The summed E-state index contributed by atoms with van der Waals surface area (Å²) in [6.45, 7) is 4.41. The van der Waals surface area contributed by atoms with E-state index < -0.39 is 51.5 Å². The van der Waals surface area contributed by atoms with Gasteiger partial charge in [0.15, 0.2) is 5.78 Å². The molecule has 0 saturated carbocycles. The van der Waals surface area contributed by atoms with Gasteiger partial charge < -0.3 is 10.1 Å². The van der Waals surface area contributed by atoms with Crippen molar-refractivity contribution in [2.24, 2.45) is 0 Å². The predicted octanol–water partition coefficient (Wildman–Crippen LogP) is 5.43. The van der Waals surface area contributed by atoms with Crippen LogP contribution >= 0.6 is 11.6 Å². The Morgan fingerprint density at radius 3 is 2.26 bits per heavy atom. The number of hydrogen-bond acceptors (Lipinski definition) is 5. The second-order valence-electron chi connectivity index (χ2n) is 8.56. The third-order valence-corrected chi connectivity index (χ3v) is 6.59. The molecule has 2 aromatic rings. The fourth-order valence-electron chi connectivity index (χ4n) is 2.93. The predicted molar refractivity (Wildman–Crippen MR) is 126 cm³/mol. The number of ketones is 1. The van der Waals surface area contributed by atoms with E-state index in [-0.39, 0.29) is 29.3 Å². The van der Waals surface area contributed by atoms with Gasteiger partial charge >= 0.3 is 12.3 Å². The minimum absolute atomic E-state index is 0.0798. The summed E-state index contributed by atoms with van der Waals surface area (Å²) in [5, 5.41) is 2.21. The minimum Gasteiger partial charge on any atom is -0.444 e. The molecule has 0 saturated heterocycles. The van der Waals surface area contributed by atoms with Crippen LogP contribution in [0.5, 0.6) is 0 Å². The lowest BCUT2D eigenvalue weighted by Crippen LogP contribution is -2.37. The highest BCUT2D eigenvalue weighted by atomic mass is 35.5. The number of ether oxygens (including phenoxy) is 1. The van der Waals surface area contributed by atoms with Gasteiger partial charge in [-0.15, -0.1) is 0 Å². The van der Waals surface area contributed by atoms with Gasteiger partial charge in [0.25, 0.3) is 10.0 Å². The number of nitrogens with one attached hydrogen (secondary N) is 1. The number of Topliss-reactive ketones (excluding diaryl/α,β-unsaturated/α-hetero) is 1. The van der Waals surface area contributed by atoms with E-state index in [0.717, 1.165) is 12.1 Å². The maximum absolute atomic E-state index is 13.3. The zero-order valence-electron chi connectivity index (χ0n) is 19.4. The maximum atomic E-state index is 13.3. The van der Waals surface area contributed by atoms with E-state index in [2.05, 4.69) is 5.32 Å².